The summed E-state index contributed by atoms with van der Waals surface area (Å²) in [6.45, 7) is 57.1. The molecule has 0 aliphatic rings. The number of hydrogen-bond donors (Lipinski definition) is 0. The van der Waals surface area contributed by atoms with E-state index in [9.17, 15) is 14.4 Å². The largest absolute Gasteiger partial charge is 0.464 e. The Balaban J connectivity index is -0.000000813. The van der Waals surface area contributed by atoms with Crippen LogP contribution in [0.1, 0.15) is 185 Å². The molecule has 9 heteroatoms. The van der Waals surface area contributed by atoms with Gasteiger partial charge in [-0.15, -0.1) is 0 Å². The predicted octanol–water partition coefficient (Wildman–Crippen LogP) is 11.9. The van der Waals surface area contributed by atoms with E-state index in [1.807, 2.05) is 20.8 Å². The third kappa shape index (κ3) is 24.2. The average Bonchev–Trinajstić information content (AvgIpc) is 3.13. The van der Waals surface area contributed by atoms with Crippen molar-refractivity contribution >= 4 is 17.9 Å². The monoisotopic (exact) mass is 856 g/mol. The molecular formula is C51H105N3O6. The first-order valence-corrected chi connectivity index (χ1v) is 24.3. The molecule has 0 N–H and O–H groups in total. The molecule has 0 aromatic carbocycles. The molecule has 0 saturated heterocycles. The summed E-state index contributed by atoms with van der Waals surface area (Å²) in [7, 11) is 0. The molecule has 0 radical (unpaired) electrons. The van der Waals surface area contributed by atoms with Crippen LogP contribution in [0, 0.1) is 51.8 Å². The van der Waals surface area contributed by atoms with Crippen molar-refractivity contribution in [3.63, 3.8) is 0 Å². The Morgan fingerprint density at radius 3 is 0.900 bits per heavy atom. The van der Waals surface area contributed by atoms with Crippen LogP contribution in [-0.2, 0) is 28.6 Å². The quantitative estimate of drug-likeness (QED) is 0.0564. The van der Waals surface area contributed by atoms with E-state index in [0.29, 0.717) is 67.4 Å². The maximum absolute atomic E-state index is 12.5. The molecule has 0 fully saturated rings. The van der Waals surface area contributed by atoms with Crippen molar-refractivity contribution in [2.24, 2.45) is 51.8 Å². The molecule has 0 amide bonds. The van der Waals surface area contributed by atoms with E-state index in [0.717, 1.165) is 71.5 Å². The van der Waals surface area contributed by atoms with Gasteiger partial charge < -0.3 is 24.0 Å². The molecule has 0 aromatic heterocycles. The van der Waals surface area contributed by atoms with Crippen molar-refractivity contribution < 1.29 is 28.6 Å². The molecule has 3 unspecified atom stereocenters. The average molecular weight is 856 g/mol. The van der Waals surface area contributed by atoms with Gasteiger partial charge in [0.15, 0.2) is 0 Å². The van der Waals surface area contributed by atoms with Crippen molar-refractivity contribution in [1.29, 1.82) is 0 Å². The minimum atomic E-state index is -0.380. The first-order chi connectivity index (χ1) is 27.6. The topological polar surface area (TPSA) is 88.6 Å². The van der Waals surface area contributed by atoms with Crippen LogP contribution in [0.2, 0.25) is 0 Å². The van der Waals surface area contributed by atoms with Gasteiger partial charge in [-0.3, -0.25) is 19.3 Å². The third-order valence-corrected chi connectivity index (χ3v) is 12.8. The van der Waals surface area contributed by atoms with Gasteiger partial charge in [0.25, 0.3) is 0 Å². The van der Waals surface area contributed by atoms with Crippen LogP contribution in [0.5, 0.6) is 0 Å². The summed E-state index contributed by atoms with van der Waals surface area (Å²) in [5.41, 5.74) is -1.11. The third-order valence-electron chi connectivity index (χ3n) is 12.8. The van der Waals surface area contributed by atoms with Crippen LogP contribution >= 0.6 is 0 Å². The number of hydrogen-bond acceptors (Lipinski definition) is 9. The van der Waals surface area contributed by atoms with E-state index in [-0.39, 0.29) is 34.2 Å². The number of carbonyl (C=O) groups is 3. The van der Waals surface area contributed by atoms with E-state index >= 15 is 0 Å². The molecule has 0 heterocycles. The van der Waals surface area contributed by atoms with E-state index in [1.54, 1.807) is 0 Å². The van der Waals surface area contributed by atoms with Gasteiger partial charge in [0.1, 0.15) is 19.8 Å². The maximum atomic E-state index is 12.5. The van der Waals surface area contributed by atoms with Crippen LogP contribution in [0.4, 0.5) is 0 Å². The summed E-state index contributed by atoms with van der Waals surface area (Å²) in [4.78, 5) is 44.2. The second kappa shape index (κ2) is 32.0. The molecule has 0 spiro atoms. The minimum absolute atomic E-state index is 0.0336. The predicted molar refractivity (Wildman–Crippen MR) is 257 cm³/mol. The highest BCUT2D eigenvalue weighted by molar-refractivity contribution is 5.77. The summed E-state index contributed by atoms with van der Waals surface area (Å²) in [5.74, 6) is 2.28. The molecular weight excluding hydrogens is 751 g/mol. The van der Waals surface area contributed by atoms with E-state index < -0.39 is 0 Å². The molecule has 60 heavy (non-hydrogen) atoms. The lowest BCUT2D eigenvalue weighted by atomic mass is 9.73. The second-order valence-electron chi connectivity index (χ2n) is 20.8. The maximum Gasteiger partial charge on any atom is 0.312 e. The van der Waals surface area contributed by atoms with Gasteiger partial charge in [-0.1, -0.05) is 111 Å². The summed E-state index contributed by atoms with van der Waals surface area (Å²) in [6, 6.07) is 0.937. The highest BCUT2D eigenvalue weighted by atomic mass is 16.5. The van der Waals surface area contributed by atoms with Gasteiger partial charge in [-0.2, -0.15) is 0 Å². The Labute approximate surface area is 374 Å². The van der Waals surface area contributed by atoms with Crippen molar-refractivity contribution in [2.45, 2.75) is 197 Å². The van der Waals surface area contributed by atoms with Gasteiger partial charge in [-0.25, -0.2) is 0 Å². The van der Waals surface area contributed by atoms with Crippen LogP contribution in [-0.4, -0.2) is 110 Å². The van der Waals surface area contributed by atoms with Gasteiger partial charge in [0, 0.05) is 31.7 Å². The first-order valence-electron chi connectivity index (χ1n) is 24.3. The van der Waals surface area contributed by atoms with Crippen molar-refractivity contribution in [3.8, 4) is 0 Å². The summed E-state index contributed by atoms with van der Waals surface area (Å²) in [5, 5.41) is 0. The van der Waals surface area contributed by atoms with Gasteiger partial charge in [0.05, 0.1) is 16.2 Å². The van der Waals surface area contributed by atoms with Crippen molar-refractivity contribution in [1.82, 2.24) is 14.7 Å². The van der Waals surface area contributed by atoms with Crippen LogP contribution < -0.4 is 0 Å². The summed E-state index contributed by atoms with van der Waals surface area (Å²) in [6.07, 6.45) is 3.78. The Morgan fingerprint density at radius 2 is 0.683 bits per heavy atom. The number of ether oxygens (including phenoxy) is 3. The fraction of sp³-hybridized carbons (Fsp3) is 0.941. The lowest BCUT2D eigenvalue weighted by Gasteiger charge is -2.34. The SMILES string of the molecule is CC(C)CC(C)(C(=O)OCCN(C(C)C)C(C)C)C(C)C.CCCN(CC)CCOC(=O)C(C)(CC(C)C)C(C)C.CCN(CC)CCOC(=O)C(C)(CC(C)C)C(C)C. The Bertz CT molecular complexity index is 1110. The number of rotatable bonds is 28. The van der Waals surface area contributed by atoms with Crippen molar-refractivity contribution in [3.05, 3.63) is 0 Å². The molecule has 0 saturated carbocycles. The number of nitrogens with zero attached hydrogens (tertiary/aromatic N) is 3. The zero-order valence-corrected chi connectivity index (χ0v) is 44.3. The number of likely N-dealkylation sites (N-methyl/N-ethyl adjacent to an activating group) is 2. The van der Waals surface area contributed by atoms with E-state index in [2.05, 4.69) is 153 Å². The highest BCUT2D eigenvalue weighted by Crippen LogP contribution is 2.37. The van der Waals surface area contributed by atoms with E-state index in [4.69, 9.17) is 14.2 Å². The number of esters is 3. The molecule has 0 aliphatic heterocycles. The first kappa shape index (κ1) is 62.6. The molecule has 0 aromatic rings. The Morgan fingerprint density at radius 1 is 0.417 bits per heavy atom. The minimum Gasteiger partial charge on any atom is -0.464 e. The van der Waals surface area contributed by atoms with E-state index in [1.165, 1.54) is 0 Å². The lowest BCUT2D eigenvalue weighted by Crippen LogP contribution is -2.41. The fourth-order valence-corrected chi connectivity index (χ4v) is 7.88. The summed E-state index contributed by atoms with van der Waals surface area (Å²) >= 11 is 0. The Hall–Kier alpha value is -1.71. The van der Waals surface area contributed by atoms with Crippen LogP contribution in [0.3, 0.4) is 0 Å². The summed E-state index contributed by atoms with van der Waals surface area (Å²) < 4.78 is 16.7. The lowest BCUT2D eigenvalue weighted by molar-refractivity contribution is -0.160. The normalized spacial score (nSPS) is 15.1. The van der Waals surface area contributed by atoms with Gasteiger partial charge in [-0.05, 0) is 136 Å². The Kier molecular flexibility index (Phi) is 33.4. The fourth-order valence-electron chi connectivity index (χ4n) is 7.88. The highest BCUT2D eigenvalue weighted by Gasteiger charge is 2.40. The molecule has 360 valence electrons. The molecule has 3 atom stereocenters. The number of carbonyl (C=O) groups excluding carboxylic acids is 3. The molecule has 0 bridgehead atoms. The van der Waals surface area contributed by atoms with Crippen LogP contribution in [0.25, 0.3) is 0 Å². The smallest absolute Gasteiger partial charge is 0.312 e. The zero-order valence-electron chi connectivity index (χ0n) is 44.3. The molecule has 9 nitrogen and oxygen atoms in total. The zero-order chi connectivity index (χ0) is 47.6. The van der Waals surface area contributed by atoms with Gasteiger partial charge in [0.2, 0.25) is 0 Å². The standard InChI is InChI=1S/C18H37NO2.C17H35NO2.C16H33NO2/c1-13(2)12-18(9,14(3)4)17(20)21-11-10-19(15(5)6)16(7)8;1-8-10-18(9-2)11-12-20-16(19)17(7,15(5)6)13-14(3)4;1-8-17(9-2)10-11-19-15(18)16(7,14(5)6)12-13(3)4/h13-16H,10-12H2,1-9H3;14-15H,8-13H2,1-7H3;13-14H,8-12H2,1-7H3. The van der Waals surface area contributed by atoms with Crippen LogP contribution in [0.15, 0.2) is 0 Å². The second-order valence-corrected chi connectivity index (χ2v) is 20.8. The molecule has 0 aliphatic carbocycles. The van der Waals surface area contributed by atoms with Crippen molar-refractivity contribution in [2.75, 3.05) is 65.6 Å². The molecule has 0 rings (SSSR count). The van der Waals surface area contributed by atoms with Gasteiger partial charge >= 0.3 is 17.9 Å².